The van der Waals surface area contributed by atoms with Crippen LogP contribution >= 0.6 is 0 Å². The van der Waals surface area contributed by atoms with Crippen molar-refractivity contribution in [2.45, 2.75) is 32.4 Å². The van der Waals surface area contributed by atoms with Gasteiger partial charge in [0.25, 0.3) is 0 Å². The van der Waals surface area contributed by atoms with Crippen LogP contribution in [0.2, 0.25) is 0 Å². The number of hydrogen-bond acceptors (Lipinski definition) is 3. The second kappa shape index (κ2) is 4.93. The first-order valence-corrected chi connectivity index (χ1v) is 5.00. The summed E-state index contributed by atoms with van der Waals surface area (Å²) in [6, 6.07) is 3.25. The van der Waals surface area contributed by atoms with Gasteiger partial charge in [0.1, 0.15) is 5.75 Å². The molecule has 0 bridgehead atoms. The molecule has 3 nitrogen and oxygen atoms in total. The second-order valence-corrected chi connectivity index (χ2v) is 3.87. The van der Waals surface area contributed by atoms with Crippen molar-refractivity contribution in [1.82, 2.24) is 0 Å². The Morgan fingerprint density at radius 2 is 1.94 bits per heavy atom. The van der Waals surface area contributed by atoms with Crippen molar-refractivity contribution in [3.63, 3.8) is 0 Å². The lowest BCUT2D eigenvalue weighted by molar-refractivity contribution is -0.274. The number of aryl methyl sites for hydroxylation is 1. The number of benzene rings is 1. The zero-order valence-electron chi connectivity index (χ0n) is 9.45. The number of nitrogens with two attached hydrogens (primary N) is 1. The molecule has 3 N–H and O–H groups in total. The van der Waals surface area contributed by atoms with Gasteiger partial charge in [-0.2, -0.15) is 0 Å². The first-order chi connectivity index (χ1) is 7.70. The van der Waals surface area contributed by atoms with Crippen LogP contribution in [-0.4, -0.2) is 17.5 Å². The third-order valence-electron chi connectivity index (χ3n) is 2.29. The molecule has 1 rings (SSSR count). The summed E-state index contributed by atoms with van der Waals surface area (Å²) in [5, 5.41) is 9.71. The summed E-state index contributed by atoms with van der Waals surface area (Å²) < 4.78 is 39.7. The Hall–Kier alpha value is -1.27. The molecule has 2 atom stereocenters. The first-order valence-electron chi connectivity index (χ1n) is 5.00. The highest BCUT2D eigenvalue weighted by molar-refractivity contribution is 5.36. The number of hydrogen-bond donors (Lipinski definition) is 2. The van der Waals surface area contributed by atoms with E-state index in [4.69, 9.17) is 5.73 Å². The van der Waals surface area contributed by atoms with E-state index >= 15 is 0 Å². The topological polar surface area (TPSA) is 55.5 Å². The fraction of sp³-hybridized carbons (Fsp3) is 0.455. The van der Waals surface area contributed by atoms with Gasteiger partial charge in [-0.05, 0) is 37.1 Å². The molecule has 0 spiro atoms. The number of aliphatic hydroxyl groups is 1. The normalized spacial score (nSPS) is 15.5. The second-order valence-electron chi connectivity index (χ2n) is 3.87. The van der Waals surface area contributed by atoms with Crippen molar-refractivity contribution in [1.29, 1.82) is 0 Å². The molecule has 6 heteroatoms. The molecule has 1 aromatic rings. The van der Waals surface area contributed by atoms with Crippen molar-refractivity contribution in [2.75, 3.05) is 0 Å². The van der Waals surface area contributed by atoms with Gasteiger partial charge < -0.3 is 15.6 Å². The van der Waals surface area contributed by atoms with Gasteiger partial charge in [-0.1, -0.05) is 6.07 Å². The Kier molecular flexibility index (Phi) is 4.00. The summed E-state index contributed by atoms with van der Waals surface area (Å²) in [6.45, 7) is 3.20. The van der Waals surface area contributed by atoms with Crippen molar-refractivity contribution in [2.24, 2.45) is 5.73 Å². The number of alkyl halides is 3. The quantitative estimate of drug-likeness (QED) is 0.864. The standard InChI is InChI=1S/C11H14F3NO2/c1-6-5-8(17-11(12,13)14)3-4-9(6)10(16)7(2)15/h3-5,7,10,16H,15H2,1-2H3/t7-,10-/m0/s1. The lowest BCUT2D eigenvalue weighted by atomic mass is 9.99. The van der Waals surface area contributed by atoms with Crippen LogP contribution in [0, 0.1) is 6.92 Å². The summed E-state index contributed by atoms with van der Waals surface area (Å²) in [6.07, 6.45) is -5.62. The number of halogens is 3. The van der Waals surface area contributed by atoms with Gasteiger partial charge in [-0.3, -0.25) is 0 Å². The predicted molar refractivity (Wildman–Crippen MR) is 56.5 cm³/mol. The van der Waals surface area contributed by atoms with Gasteiger partial charge in [-0.25, -0.2) is 0 Å². The van der Waals surface area contributed by atoms with Crippen LogP contribution in [0.4, 0.5) is 13.2 Å². The van der Waals surface area contributed by atoms with E-state index < -0.39 is 18.5 Å². The summed E-state index contributed by atoms with van der Waals surface area (Å²) in [5.74, 6) is -0.310. The molecule has 96 valence electrons. The Morgan fingerprint density at radius 3 is 2.35 bits per heavy atom. The molecule has 0 fully saturated rings. The Morgan fingerprint density at radius 1 is 1.35 bits per heavy atom. The fourth-order valence-electron chi connectivity index (χ4n) is 1.46. The van der Waals surface area contributed by atoms with E-state index in [1.165, 1.54) is 12.1 Å². The lowest BCUT2D eigenvalue weighted by Gasteiger charge is -2.18. The van der Waals surface area contributed by atoms with Gasteiger partial charge in [0.15, 0.2) is 0 Å². The van der Waals surface area contributed by atoms with E-state index in [1.54, 1.807) is 13.8 Å². The van der Waals surface area contributed by atoms with E-state index in [2.05, 4.69) is 4.74 Å². The number of aliphatic hydroxyl groups excluding tert-OH is 1. The summed E-state index contributed by atoms with van der Waals surface area (Å²) in [7, 11) is 0. The Labute approximate surface area is 97.0 Å². The number of ether oxygens (including phenoxy) is 1. The van der Waals surface area contributed by atoms with Crippen LogP contribution in [0.3, 0.4) is 0 Å². The molecule has 0 heterocycles. The summed E-state index contributed by atoms with van der Waals surface area (Å²) >= 11 is 0. The van der Waals surface area contributed by atoms with Gasteiger partial charge in [-0.15, -0.1) is 13.2 Å². The zero-order chi connectivity index (χ0) is 13.2. The maximum absolute atomic E-state index is 12.0. The third-order valence-corrected chi connectivity index (χ3v) is 2.29. The molecule has 0 aromatic heterocycles. The monoisotopic (exact) mass is 249 g/mol. The van der Waals surface area contributed by atoms with Crippen LogP contribution in [0.15, 0.2) is 18.2 Å². The molecule has 17 heavy (non-hydrogen) atoms. The van der Waals surface area contributed by atoms with Crippen molar-refractivity contribution >= 4 is 0 Å². The molecular weight excluding hydrogens is 235 g/mol. The van der Waals surface area contributed by atoms with Gasteiger partial charge >= 0.3 is 6.36 Å². The van der Waals surface area contributed by atoms with Crippen LogP contribution in [0.1, 0.15) is 24.2 Å². The summed E-state index contributed by atoms with van der Waals surface area (Å²) in [4.78, 5) is 0. The summed E-state index contributed by atoms with van der Waals surface area (Å²) in [5.41, 5.74) is 6.51. The van der Waals surface area contributed by atoms with Crippen molar-refractivity contribution in [3.05, 3.63) is 29.3 Å². The number of rotatable bonds is 3. The van der Waals surface area contributed by atoms with E-state index in [0.717, 1.165) is 6.07 Å². The SMILES string of the molecule is Cc1cc(OC(F)(F)F)ccc1[C@@H](O)[C@H](C)N. The molecule has 0 saturated heterocycles. The molecule has 0 aliphatic carbocycles. The van der Waals surface area contributed by atoms with Crippen LogP contribution in [0.5, 0.6) is 5.75 Å². The van der Waals surface area contributed by atoms with E-state index in [0.29, 0.717) is 11.1 Å². The molecule has 1 aromatic carbocycles. The lowest BCUT2D eigenvalue weighted by Crippen LogP contribution is -2.25. The van der Waals surface area contributed by atoms with Gasteiger partial charge in [0.2, 0.25) is 0 Å². The molecule has 0 amide bonds. The maximum Gasteiger partial charge on any atom is 0.573 e. The zero-order valence-corrected chi connectivity index (χ0v) is 9.45. The van der Waals surface area contributed by atoms with Crippen LogP contribution in [-0.2, 0) is 0 Å². The molecule has 0 aliphatic heterocycles. The van der Waals surface area contributed by atoms with E-state index in [-0.39, 0.29) is 5.75 Å². The minimum absolute atomic E-state index is 0.310. The van der Waals surface area contributed by atoms with Gasteiger partial charge in [0, 0.05) is 6.04 Å². The molecule has 0 aliphatic rings. The van der Waals surface area contributed by atoms with E-state index in [9.17, 15) is 18.3 Å². The molecule has 0 unspecified atom stereocenters. The Balaban J connectivity index is 2.94. The highest BCUT2D eigenvalue weighted by Crippen LogP contribution is 2.27. The van der Waals surface area contributed by atoms with Crippen molar-refractivity contribution in [3.8, 4) is 5.75 Å². The maximum atomic E-state index is 12.0. The highest BCUT2D eigenvalue weighted by Gasteiger charge is 2.31. The smallest absolute Gasteiger partial charge is 0.406 e. The third kappa shape index (κ3) is 3.90. The Bertz CT molecular complexity index is 391. The largest absolute Gasteiger partial charge is 0.573 e. The molecular formula is C11H14F3NO2. The molecule has 0 saturated carbocycles. The first kappa shape index (κ1) is 13.8. The highest BCUT2D eigenvalue weighted by atomic mass is 19.4. The average Bonchev–Trinajstić information content (AvgIpc) is 2.14. The predicted octanol–water partition coefficient (Wildman–Crippen LogP) is 2.27. The minimum atomic E-state index is -4.71. The van der Waals surface area contributed by atoms with Crippen LogP contribution in [0.25, 0.3) is 0 Å². The minimum Gasteiger partial charge on any atom is -0.406 e. The van der Waals surface area contributed by atoms with Crippen LogP contribution < -0.4 is 10.5 Å². The fourth-order valence-corrected chi connectivity index (χ4v) is 1.46. The van der Waals surface area contributed by atoms with Crippen molar-refractivity contribution < 1.29 is 23.0 Å². The average molecular weight is 249 g/mol. The van der Waals surface area contributed by atoms with Gasteiger partial charge in [0.05, 0.1) is 6.10 Å². The molecule has 0 radical (unpaired) electrons. The van der Waals surface area contributed by atoms with E-state index in [1.807, 2.05) is 0 Å².